The molecule has 1 rings (SSSR count). The van der Waals surface area contributed by atoms with Crippen molar-refractivity contribution in [3.63, 3.8) is 0 Å². The molecular formula is C15H24O2. The summed E-state index contributed by atoms with van der Waals surface area (Å²) in [5, 5.41) is 9.85. The molecule has 0 amide bonds. The number of phenolic OH excluding ortho intramolecular Hbond substituents is 1. The highest BCUT2D eigenvalue weighted by Gasteiger charge is 2.10. The molecule has 2 nitrogen and oxygen atoms in total. The van der Waals surface area contributed by atoms with Crippen LogP contribution in [0.15, 0.2) is 18.2 Å². The summed E-state index contributed by atoms with van der Waals surface area (Å²) in [6.45, 7) is 10.8. The van der Waals surface area contributed by atoms with Crippen molar-refractivity contribution >= 4 is 6.79 Å². The number of hydrogen-bond donors (Lipinski definition) is 1. The number of phenols is 1. The van der Waals surface area contributed by atoms with Crippen LogP contribution in [0.5, 0.6) is 5.75 Å². The molecule has 1 N–H and O–H groups in total. The monoisotopic (exact) mass is 236 g/mol. The van der Waals surface area contributed by atoms with E-state index in [9.17, 15) is 5.11 Å². The van der Waals surface area contributed by atoms with Crippen LogP contribution in [0.3, 0.4) is 0 Å². The zero-order chi connectivity index (χ0) is 13.4. The molecule has 0 aliphatic carbocycles. The van der Waals surface area contributed by atoms with Gasteiger partial charge in [0, 0.05) is 0 Å². The number of carbonyl (C=O) groups excluding carboxylic acids is 1. The molecule has 0 spiro atoms. The Hall–Kier alpha value is -1.31. The van der Waals surface area contributed by atoms with Crippen LogP contribution in [-0.2, 0) is 17.6 Å². The second-order valence-corrected chi connectivity index (χ2v) is 5.11. The van der Waals surface area contributed by atoms with Gasteiger partial charge in [0.15, 0.2) is 0 Å². The normalized spacial score (nSPS) is 10.2. The molecule has 96 valence electrons. The maximum absolute atomic E-state index is 9.85. The summed E-state index contributed by atoms with van der Waals surface area (Å²) in [6.07, 6.45) is 2.02. The quantitative estimate of drug-likeness (QED) is 0.867. The Bertz CT molecular complexity index is 330. The van der Waals surface area contributed by atoms with Crippen LogP contribution in [-0.4, -0.2) is 11.9 Å². The van der Waals surface area contributed by atoms with Gasteiger partial charge in [0.25, 0.3) is 0 Å². The lowest BCUT2D eigenvalue weighted by atomic mass is 9.92. The minimum absolute atomic E-state index is 0.460. The summed E-state index contributed by atoms with van der Waals surface area (Å²) < 4.78 is 0. The molecular weight excluding hydrogens is 212 g/mol. The molecule has 2 heteroatoms. The Morgan fingerprint density at radius 1 is 1.06 bits per heavy atom. The van der Waals surface area contributed by atoms with Crippen molar-refractivity contribution in [1.29, 1.82) is 0 Å². The third kappa shape index (κ3) is 5.53. The lowest BCUT2D eigenvalue weighted by molar-refractivity contribution is -0.0979. The van der Waals surface area contributed by atoms with E-state index in [2.05, 4.69) is 33.8 Å². The van der Waals surface area contributed by atoms with E-state index in [4.69, 9.17) is 4.79 Å². The van der Waals surface area contributed by atoms with E-state index in [1.807, 2.05) is 12.9 Å². The summed E-state index contributed by atoms with van der Waals surface area (Å²) in [7, 11) is 0. The van der Waals surface area contributed by atoms with Crippen molar-refractivity contribution in [2.45, 2.75) is 40.5 Å². The van der Waals surface area contributed by atoms with Crippen LogP contribution in [0, 0.1) is 11.8 Å². The smallest absolute Gasteiger partial charge is 0.119 e. The second-order valence-electron chi connectivity index (χ2n) is 5.11. The lowest BCUT2D eigenvalue weighted by Gasteiger charge is -2.14. The van der Waals surface area contributed by atoms with Crippen LogP contribution >= 0.6 is 0 Å². The Morgan fingerprint density at radius 2 is 1.59 bits per heavy atom. The average molecular weight is 236 g/mol. The molecule has 17 heavy (non-hydrogen) atoms. The van der Waals surface area contributed by atoms with Crippen LogP contribution in [0.1, 0.15) is 38.8 Å². The first kappa shape index (κ1) is 15.7. The van der Waals surface area contributed by atoms with E-state index in [0.717, 1.165) is 18.4 Å². The molecule has 0 bridgehead atoms. The summed E-state index contributed by atoms with van der Waals surface area (Å²) in [6, 6.07) is 5.87. The van der Waals surface area contributed by atoms with E-state index in [0.29, 0.717) is 17.6 Å². The SMILES string of the molecule is C=O.CC(C)Cc1cccc(O)c1CC(C)C. The molecule has 0 saturated heterocycles. The van der Waals surface area contributed by atoms with Gasteiger partial charge in [0.05, 0.1) is 0 Å². The Labute approximate surface area is 105 Å². The third-order valence-corrected chi connectivity index (χ3v) is 2.49. The Morgan fingerprint density at radius 3 is 2.06 bits per heavy atom. The highest BCUT2D eigenvalue weighted by Crippen LogP contribution is 2.26. The zero-order valence-electron chi connectivity index (χ0n) is 11.4. The molecule has 0 aliphatic rings. The first-order valence-electron chi connectivity index (χ1n) is 6.09. The molecule has 0 unspecified atom stereocenters. The number of rotatable bonds is 4. The summed E-state index contributed by atoms with van der Waals surface area (Å²) in [5.74, 6) is 1.68. The van der Waals surface area contributed by atoms with E-state index >= 15 is 0 Å². The molecule has 1 aromatic carbocycles. The maximum Gasteiger partial charge on any atom is 0.119 e. The number of hydrogen-bond acceptors (Lipinski definition) is 2. The van der Waals surface area contributed by atoms with Gasteiger partial charge in [-0.05, 0) is 41.9 Å². The van der Waals surface area contributed by atoms with E-state index in [1.54, 1.807) is 6.07 Å². The van der Waals surface area contributed by atoms with Crippen LogP contribution in [0.4, 0.5) is 0 Å². The fraction of sp³-hybridized carbons (Fsp3) is 0.533. The van der Waals surface area contributed by atoms with Crippen molar-refractivity contribution in [3.05, 3.63) is 29.3 Å². The van der Waals surface area contributed by atoms with Crippen LogP contribution in [0.25, 0.3) is 0 Å². The largest absolute Gasteiger partial charge is 0.508 e. The van der Waals surface area contributed by atoms with Crippen molar-refractivity contribution in [2.24, 2.45) is 11.8 Å². The van der Waals surface area contributed by atoms with Gasteiger partial charge in [-0.1, -0.05) is 39.8 Å². The topological polar surface area (TPSA) is 37.3 Å². The molecule has 0 saturated carbocycles. The lowest BCUT2D eigenvalue weighted by Crippen LogP contribution is -2.03. The molecule has 0 aliphatic heterocycles. The first-order chi connectivity index (χ1) is 8.00. The fourth-order valence-corrected chi connectivity index (χ4v) is 1.90. The van der Waals surface area contributed by atoms with Crippen LogP contribution in [0.2, 0.25) is 0 Å². The third-order valence-electron chi connectivity index (χ3n) is 2.49. The predicted octanol–water partition coefficient (Wildman–Crippen LogP) is 3.60. The Kier molecular flexibility index (Phi) is 7.27. The van der Waals surface area contributed by atoms with Gasteiger partial charge in [0.2, 0.25) is 0 Å². The minimum atomic E-state index is 0.460. The van der Waals surface area contributed by atoms with Gasteiger partial charge in [0.1, 0.15) is 12.5 Å². The van der Waals surface area contributed by atoms with E-state index in [-0.39, 0.29) is 0 Å². The molecule has 1 aromatic rings. The van der Waals surface area contributed by atoms with Crippen LogP contribution < -0.4 is 0 Å². The summed E-state index contributed by atoms with van der Waals surface area (Å²) >= 11 is 0. The molecule has 0 radical (unpaired) electrons. The number of carbonyl (C=O) groups is 1. The summed E-state index contributed by atoms with van der Waals surface area (Å²) in [5.41, 5.74) is 2.44. The van der Waals surface area contributed by atoms with Gasteiger partial charge in [-0.2, -0.15) is 0 Å². The zero-order valence-corrected chi connectivity index (χ0v) is 11.4. The second kappa shape index (κ2) is 7.88. The number of aromatic hydroxyl groups is 1. The number of benzene rings is 1. The highest BCUT2D eigenvalue weighted by molar-refractivity contribution is 5.39. The molecule has 0 fully saturated rings. The van der Waals surface area contributed by atoms with Gasteiger partial charge in [-0.15, -0.1) is 0 Å². The van der Waals surface area contributed by atoms with Gasteiger partial charge < -0.3 is 9.90 Å². The van der Waals surface area contributed by atoms with Gasteiger partial charge >= 0.3 is 0 Å². The van der Waals surface area contributed by atoms with Crippen molar-refractivity contribution < 1.29 is 9.90 Å². The maximum atomic E-state index is 9.85. The standard InChI is InChI=1S/C14H22O.CH2O/c1-10(2)8-12-6-5-7-14(15)13(12)9-11(3)4;1-2/h5-7,10-11,15H,8-9H2,1-4H3;1H2. The molecule has 0 heterocycles. The van der Waals surface area contributed by atoms with E-state index in [1.165, 1.54) is 5.56 Å². The average Bonchev–Trinajstić information content (AvgIpc) is 2.25. The van der Waals surface area contributed by atoms with Gasteiger partial charge in [-0.3, -0.25) is 0 Å². The predicted molar refractivity (Wildman–Crippen MR) is 72.3 cm³/mol. The van der Waals surface area contributed by atoms with Crippen molar-refractivity contribution in [2.75, 3.05) is 0 Å². The fourth-order valence-electron chi connectivity index (χ4n) is 1.90. The van der Waals surface area contributed by atoms with Gasteiger partial charge in [-0.25, -0.2) is 0 Å². The highest BCUT2D eigenvalue weighted by atomic mass is 16.3. The molecule has 0 atom stereocenters. The van der Waals surface area contributed by atoms with Crippen molar-refractivity contribution in [1.82, 2.24) is 0 Å². The Balaban J connectivity index is 0.00000121. The van der Waals surface area contributed by atoms with E-state index < -0.39 is 0 Å². The minimum Gasteiger partial charge on any atom is -0.508 e. The molecule has 0 aromatic heterocycles. The van der Waals surface area contributed by atoms with Crippen molar-refractivity contribution in [3.8, 4) is 5.75 Å². The summed E-state index contributed by atoms with van der Waals surface area (Å²) in [4.78, 5) is 8.00. The first-order valence-corrected chi connectivity index (χ1v) is 6.09.